The number of hydrogen-bond acceptors (Lipinski definition) is 11. The van der Waals surface area contributed by atoms with Crippen molar-refractivity contribution in [3.05, 3.63) is 39.9 Å². The number of rotatable bonds is 12. The van der Waals surface area contributed by atoms with Crippen molar-refractivity contribution in [2.75, 3.05) is 19.8 Å². The fourth-order valence-electron chi connectivity index (χ4n) is 6.25. The molecule has 1 spiro atoms. The van der Waals surface area contributed by atoms with E-state index in [2.05, 4.69) is 21.1 Å². The minimum absolute atomic E-state index is 0.00736. The molecule has 1 aromatic carbocycles. The molecule has 3 fully saturated rings. The van der Waals surface area contributed by atoms with Crippen molar-refractivity contribution in [2.24, 2.45) is 10.6 Å². The van der Waals surface area contributed by atoms with Gasteiger partial charge in [-0.05, 0) is 42.4 Å². The highest BCUT2D eigenvalue weighted by atomic mass is 16.7. The zero-order valence-corrected chi connectivity index (χ0v) is 28.2. The highest BCUT2D eigenvalue weighted by molar-refractivity contribution is 6.38. The summed E-state index contributed by atoms with van der Waals surface area (Å²) in [6.45, 7) is 7.76. The number of carbonyl (C=O) groups is 5. The summed E-state index contributed by atoms with van der Waals surface area (Å²) in [7, 11) is 0. The Morgan fingerprint density at radius 2 is 1.84 bits per heavy atom. The third-order valence-electron chi connectivity index (χ3n) is 9.12. The fraction of sp³-hybridized carbons (Fsp3) is 0.636. The van der Waals surface area contributed by atoms with Crippen LogP contribution in [0.15, 0.2) is 29.4 Å². The molecule has 4 aliphatic rings. The summed E-state index contributed by atoms with van der Waals surface area (Å²) in [5.74, 6) is -2.75. The average Bonchev–Trinajstić information content (AvgIpc) is 3.39. The van der Waals surface area contributed by atoms with Crippen LogP contribution in [-0.4, -0.2) is 101 Å². The number of ketones is 1. The van der Waals surface area contributed by atoms with Crippen molar-refractivity contribution in [1.29, 1.82) is 0 Å². The minimum Gasteiger partial charge on any atom is -0.444 e. The van der Waals surface area contributed by atoms with Crippen molar-refractivity contribution in [1.82, 2.24) is 20.9 Å². The van der Waals surface area contributed by atoms with Crippen LogP contribution < -0.4 is 16.0 Å². The van der Waals surface area contributed by atoms with Crippen molar-refractivity contribution in [2.45, 2.75) is 109 Å². The molecule has 5 rings (SSSR count). The molecular weight excluding hydrogens is 640 g/mol. The minimum atomic E-state index is -1.15. The van der Waals surface area contributed by atoms with Crippen LogP contribution in [-0.2, 0) is 33.5 Å². The summed E-state index contributed by atoms with van der Waals surface area (Å²) in [6.07, 6.45) is 1.75. The number of Topliss-reactive ketones (excluding diaryl/α,β-unsaturated/α-hetero) is 1. The molecule has 0 unspecified atom stereocenters. The Balaban J connectivity index is 1.38. The van der Waals surface area contributed by atoms with E-state index in [1.165, 1.54) is 17.0 Å². The first-order valence-electron chi connectivity index (χ1n) is 16.7. The quantitative estimate of drug-likeness (QED) is 0.166. The van der Waals surface area contributed by atoms with E-state index >= 15 is 0 Å². The molecule has 16 nitrogen and oxygen atoms in total. The van der Waals surface area contributed by atoms with Gasteiger partial charge in [0, 0.05) is 37.4 Å². The standard InChI is InChI=1S/C33H44N6O10/c1-5-6-23(26(40)29(42)34-20-9-10-20)35-28(41)25-16-33(15-24(37-49-33)19-7-11-21(12-8-19)39(45)46)18-38(25)30(43)27(32(2,3)4)36-31(44)48-22-13-14-47-17-22/h7-8,11-12,20,22-23,25,27H,5-6,9-10,13-18H2,1-4H3,(H,34,42)(H,35,41)(H,36,44)/t22-,23-,25-,27+,33+/m0/s1. The molecule has 1 aromatic rings. The maximum absolute atomic E-state index is 14.4. The molecule has 1 aliphatic carbocycles. The number of nitrogens with zero attached hydrogens (tertiary/aromatic N) is 3. The highest BCUT2D eigenvalue weighted by Gasteiger charge is 2.56. The fourth-order valence-corrected chi connectivity index (χ4v) is 6.25. The van der Waals surface area contributed by atoms with Gasteiger partial charge in [-0.1, -0.05) is 39.3 Å². The molecule has 49 heavy (non-hydrogen) atoms. The summed E-state index contributed by atoms with van der Waals surface area (Å²) in [4.78, 5) is 85.1. The molecule has 0 bridgehead atoms. The van der Waals surface area contributed by atoms with E-state index in [0.29, 0.717) is 30.7 Å². The molecule has 5 atom stereocenters. The van der Waals surface area contributed by atoms with Gasteiger partial charge in [-0.3, -0.25) is 29.3 Å². The molecule has 4 amide bonds. The van der Waals surface area contributed by atoms with Gasteiger partial charge in [0.15, 0.2) is 5.60 Å². The van der Waals surface area contributed by atoms with E-state index in [0.717, 1.165) is 12.8 Å². The van der Waals surface area contributed by atoms with Crippen LogP contribution in [0.3, 0.4) is 0 Å². The van der Waals surface area contributed by atoms with E-state index < -0.39 is 69.8 Å². The molecule has 3 aliphatic heterocycles. The van der Waals surface area contributed by atoms with E-state index in [-0.39, 0.29) is 44.1 Å². The number of nitro groups is 1. The normalized spacial score (nSPS) is 24.4. The Morgan fingerprint density at radius 3 is 2.43 bits per heavy atom. The van der Waals surface area contributed by atoms with E-state index in [4.69, 9.17) is 14.3 Å². The number of carbonyl (C=O) groups excluding carboxylic acids is 5. The SMILES string of the molecule is CCC[C@H](NC(=O)[C@@H]1C[C@]2(CC(c3ccc([N+](=O)[O-])cc3)=NO2)CN1C(=O)[C@@H](NC(=O)O[C@H]1CCOC1)C(C)(C)C)C(=O)C(=O)NC1CC1. The molecule has 3 N–H and O–H groups in total. The summed E-state index contributed by atoms with van der Waals surface area (Å²) >= 11 is 0. The first-order valence-corrected chi connectivity index (χ1v) is 16.7. The third kappa shape index (κ3) is 8.53. The van der Waals surface area contributed by atoms with Crippen LogP contribution in [0.1, 0.15) is 78.2 Å². The predicted molar refractivity (Wildman–Crippen MR) is 173 cm³/mol. The van der Waals surface area contributed by atoms with Crippen molar-refractivity contribution >= 4 is 41.0 Å². The number of alkyl carbamates (subject to hydrolysis) is 1. The lowest BCUT2D eigenvalue weighted by Crippen LogP contribution is -2.59. The van der Waals surface area contributed by atoms with Crippen molar-refractivity contribution in [3.63, 3.8) is 0 Å². The van der Waals surface area contributed by atoms with Gasteiger partial charge in [0.25, 0.3) is 11.6 Å². The van der Waals surface area contributed by atoms with Crippen LogP contribution in [0.25, 0.3) is 0 Å². The van der Waals surface area contributed by atoms with Crippen molar-refractivity contribution < 1.29 is 43.2 Å². The predicted octanol–water partition coefficient (Wildman–Crippen LogP) is 2.12. The van der Waals surface area contributed by atoms with Crippen molar-refractivity contribution in [3.8, 4) is 0 Å². The van der Waals surface area contributed by atoms with Gasteiger partial charge >= 0.3 is 6.09 Å². The summed E-state index contributed by atoms with van der Waals surface area (Å²) in [5.41, 5.74) is -0.998. The second kappa shape index (κ2) is 14.5. The zero-order valence-electron chi connectivity index (χ0n) is 28.2. The Bertz CT molecular complexity index is 1500. The lowest BCUT2D eigenvalue weighted by Gasteiger charge is -2.35. The average molecular weight is 685 g/mol. The highest BCUT2D eigenvalue weighted by Crippen LogP contribution is 2.40. The van der Waals surface area contributed by atoms with Crippen LogP contribution in [0.4, 0.5) is 10.5 Å². The molecule has 2 saturated heterocycles. The maximum atomic E-state index is 14.4. The second-order valence-electron chi connectivity index (χ2n) is 14.3. The van der Waals surface area contributed by atoms with Crippen LogP contribution in [0.5, 0.6) is 0 Å². The molecular formula is C33H44N6O10. The van der Waals surface area contributed by atoms with E-state index in [1.54, 1.807) is 32.9 Å². The topological polar surface area (TPSA) is 208 Å². The number of benzene rings is 1. The smallest absolute Gasteiger partial charge is 0.408 e. The summed E-state index contributed by atoms with van der Waals surface area (Å²) in [6, 6.07) is 2.38. The molecule has 0 aromatic heterocycles. The second-order valence-corrected chi connectivity index (χ2v) is 14.3. The Hall–Kier alpha value is -4.60. The number of hydrogen-bond donors (Lipinski definition) is 3. The first-order chi connectivity index (χ1) is 23.2. The van der Waals surface area contributed by atoms with Gasteiger partial charge in [0.1, 0.15) is 18.2 Å². The number of likely N-dealkylation sites (tertiary alicyclic amines) is 1. The van der Waals surface area contributed by atoms with Gasteiger partial charge < -0.3 is 35.2 Å². The monoisotopic (exact) mass is 684 g/mol. The Labute approximate surface area is 283 Å². The van der Waals surface area contributed by atoms with Crippen LogP contribution in [0.2, 0.25) is 0 Å². The number of ether oxygens (including phenoxy) is 2. The summed E-state index contributed by atoms with van der Waals surface area (Å²) in [5, 5.41) is 23.5. The van der Waals surface area contributed by atoms with Crippen LogP contribution >= 0.6 is 0 Å². The van der Waals surface area contributed by atoms with Gasteiger partial charge in [0.2, 0.25) is 17.6 Å². The molecule has 0 radical (unpaired) electrons. The first kappa shape index (κ1) is 35.7. The maximum Gasteiger partial charge on any atom is 0.408 e. The lowest BCUT2D eigenvalue weighted by molar-refractivity contribution is -0.384. The van der Waals surface area contributed by atoms with Gasteiger partial charge in [-0.2, -0.15) is 0 Å². The number of nitrogens with one attached hydrogen (secondary N) is 3. The number of amides is 4. The molecule has 16 heteroatoms. The van der Waals surface area contributed by atoms with E-state index in [9.17, 15) is 34.1 Å². The number of non-ortho nitro benzene ring substituents is 1. The molecule has 3 heterocycles. The Morgan fingerprint density at radius 1 is 1.12 bits per heavy atom. The van der Waals surface area contributed by atoms with Crippen LogP contribution in [0, 0.1) is 15.5 Å². The van der Waals surface area contributed by atoms with Gasteiger partial charge in [0.05, 0.1) is 36.4 Å². The lowest BCUT2D eigenvalue weighted by atomic mass is 9.85. The van der Waals surface area contributed by atoms with Gasteiger partial charge in [-0.15, -0.1) is 0 Å². The third-order valence-corrected chi connectivity index (χ3v) is 9.12. The number of oxime groups is 1. The zero-order chi connectivity index (χ0) is 35.5. The van der Waals surface area contributed by atoms with E-state index in [1.807, 2.05) is 6.92 Å². The Kier molecular flexibility index (Phi) is 10.6. The summed E-state index contributed by atoms with van der Waals surface area (Å²) < 4.78 is 10.8. The molecule has 266 valence electrons. The van der Waals surface area contributed by atoms with Gasteiger partial charge in [-0.25, -0.2) is 4.79 Å². The number of nitro benzene ring substituents is 1. The molecule has 1 saturated carbocycles. The largest absolute Gasteiger partial charge is 0.444 e.